The first-order chi connectivity index (χ1) is 15.4. The Bertz CT molecular complexity index is 1300. The summed E-state index contributed by atoms with van der Waals surface area (Å²) in [6.07, 6.45) is -0.354. The molecule has 0 atom stereocenters. The summed E-state index contributed by atoms with van der Waals surface area (Å²) in [6, 6.07) is 4.78. The molecule has 0 saturated heterocycles. The van der Waals surface area contributed by atoms with E-state index in [9.17, 15) is 21.8 Å². The number of hydrogen-bond donors (Lipinski definition) is 1. The molecule has 7 nitrogen and oxygen atoms in total. The van der Waals surface area contributed by atoms with E-state index in [1.165, 1.54) is 24.9 Å². The fourth-order valence-corrected chi connectivity index (χ4v) is 3.72. The van der Waals surface area contributed by atoms with Crippen molar-refractivity contribution < 1.29 is 31.2 Å². The number of benzene rings is 2. The lowest BCUT2D eigenvalue weighted by Gasteiger charge is -2.17. The van der Waals surface area contributed by atoms with Crippen LogP contribution in [-0.4, -0.2) is 46.1 Å². The van der Waals surface area contributed by atoms with Crippen LogP contribution in [0.4, 0.5) is 34.8 Å². The fraction of sp³-hybridized carbons (Fsp3) is 0.333. The predicted octanol–water partition coefficient (Wildman–Crippen LogP) is 5.52. The molecule has 0 radical (unpaired) electrons. The van der Waals surface area contributed by atoms with Gasteiger partial charge in [-0.15, -0.1) is 0 Å². The first kappa shape index (κ1) is 24.5. The van der Waals surface area contributed by atoms with E-state index in [1.54, 1.807) is 19.9 Å². The Morgan fingerprint density at radius 1 is 1.15 bits per heavy atom. The van der Waals surface area contributed by atoms with Crippen LogP contribution in [0, 0.1) is 12.7 Å². The number of hydrogen-bond acceptors (Lipinski definition) is 7. The quantitative estimate of drug-likeness (QED) is 0.443. The normalized spacial score (nSPS) is 12.0. The van der Waals surface area contributed by atoms with Crippen LogP contribution >= 0.6 is 0 Å². The smallest absolute Gasteiger partial charge is 0.422 e. The van der Waals surface area contributed by atoms with Gasteiger partial charge in [0.25, 0.3) is 0 Å². The molecule has 2 aromatic carbocycles. The summed E-state index contributed by atoms with van der Waals surface area (Å²) in [6.45, 7) is 2.25. The molecule has 3 rings (SSSR count). The van der Waals surface area contributed by atoms with Crippen LogP contribution in [0.3, 0.4) is 0 Å². The lowest BCUT2D eigenvalue weighted by Crippen LogP contribution is -2.19. The van der Waals surface area contributed by atoms with E-state index < -0.39 is 28.3 Å². The lowest BCUT2D eigenvalue weighted by molar-refractivity contribution is -0.153. The van der Waals surface area contributed by atoms with Gasteiger partial charge in [0.15, 0.2) is 6.61 Å². The zero-order chi connectivity index (χ0) is 24.4. The molecule has 0 fully saturated rings. The molecule has 1 aromatic heterocycles. The highest BCUT2D eigenvalue weighted by Gasteiger charge is 2.29. The van der Waals surface area contributed by atoms with Crippen molar-refractivity contribution in [3.05, 3.63) is 42.0 Å². The van der Waals surface area contributed by atoms with Gasteiger partial charge in [0.1, 0.15) is 35.1 Å². The number of ether oxygens (including phenoxy) is 2. The number of rotatable bonds is 7. The van der Waals surface area contributed by atoms with E-state index >= 15 is 0 Å². The number of aromatic nitrogens is 2. The zero-order valence-corrected chi connectivity index (χ0v) is 19.1. The maximum atomic E-state index is 13.7. The van der Waals surface area contributed by atoms with Gasteiger partial charge in [0.05, 0.1) is 17.8 Å². The molecule has 0 aliphatic heterocycles. The van der Waals surface area contributed by atoms with Gasteiger partial charge in [-0.05, 0) is 32.0 Å². The van der Waals surface area contributed by atoms with E-state index in [1.807, 2.05) is 0 Å². The van der Waals surface area contributed by atoms with Gasteiger partial charge in [-0.2, -0.15) is 17.5 Å². The second-order valence-electron chi connectivity index (χ2n) is 7.34. The molecule has 0 amide bonds. The molecule has 0 bridgehead atoms. The first-order valence-corrected chi connectivity index (χ1v) is 12.1. The summed E-state index contributed by atoms with van der Waals surface area (Å²) in [4.78, 5) is 8.45. The lowest BCUT2D eigenvalue weighted by atomic mass is 10.1. The van der Waals surface area contributed by atoms with Gasteiger partial charge in [-0.1, -0.05) is 0 Å². The van der Waals surface area contributed by atoms with Crippen molar-refractivity contribution in [3.63, 3.8) is 0 Å². The third kappa shape index (κ3) is 6.21. The largest absolute Gasteiger partial charge is 0.491 e. The van der Waals surface area contributed by atoms with Crippen LogP contribution in [0.2, 0.25) is 0 Å². The Morgan fingerprint density at radius 3 is 2.52 bits per heavy atom. The molecule has 178 valence electrons. The molecular weight excluding hydrogens is 464 g/mol. The molecule has 0 saturated carbocycles. The van der Waals surface area contributed by atoms with Crippen molar-refractivity contribution in [1.82, 2.24) is 9.97 Å². The number of anilines is 2. The SMILES string of the molecule is CCOc1c(N=S(C)(C)=O)cc2ncnc(Nc3ccc(F)cc3OCC(F)(F)F)c2c1C. The highest BCUT2D eigenvalue weighted by molar-refractivity contribution is 7.92. The summed E-state index contributed by atoms with van der Waals surface area (Å²) in [5.74, 6) is -0.465. The second-order valence-corrected chi connectivity index (χ2v) is 9.89. The van der Waals surface area contributed by atoms with Gasteiger partial charge in [0.2, 0.25) is 0 Å². The standard InChI is InChI=1S/C21H22F4N4O3S/c1-5-31-19-12(2)18-15(9-16(19)29-33(3,4)30)26-11-27-20(18)28-14-7-6-13(22)8-17(14)32-10-21(23,24)25/h6-9,11H,5,10H2,1-4H3,(H,26,27,28). The van der Waals surface area contributed by atoms with E-state index in [0.717, 1.165) is 12.1 Å². The third-order valence-corrected chi connectivity index (χ3v) is 4.93. The summed E-state index contributed by atoms with van der Waals surface area (Å²) in [7, 11) is -2.50. The van der Waals surface area contributed by atoms with Gasteiger partial charge < -0.3 is 14.8 Å². The Balaban J connectivity index is 2.14. The molecule has 12 heteroatoms. The van der Waals surface area contributed by atoms with Crippen LogP contribution in [0.1, 0.15) is 12.5 Å². The van der Waals surface area contributed by atoms with Crippen molar-refractivity contribution in [1.29, 1.82) is 0 Å². The number of aryl methyl sites for hydroxylation is 1. The van der Waals surface area contributed by atoms with Crippen molar-refractivity contribution in [2.24, 2.45) is 4.36 Å². The second kappa shape index (κ2) is 9.38. The number of fused-ring (bicyclic) bond motifs is 1. The molecule has 0 unspecified atom stereocenters. The first-order valence-electron chi connectivity index (χ1n) is 9.72. The van der Waals surface area contributed by atoms with Crippen molar-refractivity contribution in [2.75, 3.05) is 31.0 Å². The average molecular weight is 486 g/mol. The van der Waals surface area contributed by atoms with Crippen molar-refractivity contribution in [3.8, 4) is 11.5 Å². The summed E-state index contributed by atoms with van der Waals surface area (Å²) < 4.78 is 78.6. The maximum absolute atomic E-state index is 13.7. The number of alkyl halides is 3. The van der Waals surface area contributed by atoms with E-state index in [2.05, 4.69) is 19.6 Å². The topological polar surface area (TPSA) is 85.7 Å². The van der Waals surface area contributed by atoms with Gasteiger partial charge in [-0.3, -0.25) is 0 Å². The molecule has 1 N–H and O–H groups in total. The number of nitrogens with zero attached hydrogens (tertiary/aromatic N) is 3. The van der Waals surface area contributed by atoms with E-state index in [4.69, 9.17) is 9.47 Å². The van der Waals surface area contributed by atoms with Crippen LogP contribution < -0.4 is 14.8 Å². The molecule has 0 aliphatic rings. The molecule has 0 aliphatic carbocycles. The summed E-state index contributed by atoms with van der Waals surface area (Å²) >= 11 is 0. The average Bonchev–Trinajstić information content (AvgIpc) is 2.69. The van der Waals surface area contributed by atoms with Gasteiger partial charge in [-0.25, -0.2) is 18.6 Å². The zero-order valence-electron chi connectivity index (χ0n) is 18.3. The van der Waals surface area contributed by atoms with Crippen LogP contribution in [0.5, 0.6) is 11.5 Å². The summed E-state index contributed by atoms with van der Waals surface area (Å²) in [5.41, 5.74) is 1.46. The van der Waals surface area contributed by atoms with Crippen LogP contribution in [0.15, 0.2) is 35.0 Å². The minimum absolute atomic E-state index is 0.0805. The predicted molar refractivity (Wildman–Crippen MR) is 119 cm³/mol. The number of halogens is 4. The van der Waals surface area contributed by atoms with Gasteiger partial charge in [0, 0.05) is 39.3 Å². The van der Waals surface area contributed by atoms with E-state index in [-0.39, 0.29) is 17.3 Å². The van der Waals surface area contributed by atoms with Crippen molar-refractivity contribution in [2.45, 2.75) is 20.0 Å². The monoisotopic (exact) mass is 486 g/mol. The third-order valence-electron chi connectivity index (χ3n) is 4.29. The fourth-order valence-electron chi connectivity index (χ4n) is 3.11. The minimum Gasteiger partial charge on any atom is -0.491 e. The maximum Gasteiger partial charge on any atom is 0.422 e. The molecular formula is C21H22F4N4O3S. The number of nitrogens with one attached hydrogen (secondary N) is 1. The summed E-state index contributed by atoms with van der Waals surface area (Å²) in [5, 5.41) is 3.41. The highest BCUT2D eigenvalue weighted by Crippen LogP contribution is 2.41. The van der Waals surface area contributed by atoms with Crippen molar-refractivity contribution >= 4 is 37.8 Å². The highest BCUT2D eigenvalue weighted by atomic mass is 32.2. The Labute approximate surface area is 188 Å². The minimum atomic E-state index is -4.59. The van der Waals surface area contributed by atoms with Gasteiger partial charge >= 0.3 is 6.18 Å². The van der Waals surface area contributed by atoms with Crippen LogP contribution in [-0.2, 0) is 9.73 Å². The molecule has 1 heterocycles. The molecule has 3 aromatic rings. The van der Waals surface area contributed by atoms with E-state index in [0.29, 0.717) is 34.5 Å². The van der Waals surface area contributed by atoms with Crippen LogP contribution in [0.25, 0.3) is 10.9 Å². The molecule has 33 heavy (non-hydrogen) atoms. The Morgan fingerprint density at radius 2 is 1.88 bits per heavy atom. The Hall–Kier alpha value is -3.15. The Kier molecular flexibility index (Phi) is 6.96. The molecule has 0 spiro atoms.